The number of carboxylic acids is 3. The molecular weight excluding hydrogens is 451 g/mol. The van der Waals surface area contributed by atoms with E-state index >= 15 is 0 Å². The van der Waals surface area contributed by atoms with E-state index in [-0.39, 0.29) is 19.5 Å². The fourth-order valence-electron chi connectivity index (χ4n) is 4.16. The number of carbonyl (C=O) groups is 3. The highest BCUT2D eigenvalue weighted by Crippen LogP contribution is 2.68. The molecule has 4 rings (SSSR count). The predicted molar refractivity (Wildman–Crippen MR) is 104 cm³/mol. The van der Waals surface area contributed by atoms with E-state index in [0.717, 1.165) is 11.3 Å². The summed E-state index contributed by atoms with van der Waals surface area (Å²) in [5, 5.41) is 30.5. The van der Waals surface area contributed by atoms with Gasteiger partial charge in [0, 0.05) is 31.4 Å². The van der Waals surface area contributed by atoms with Crippen LogP contribution in [0.5, 0.6) is 5.75 Å². The molecule has 2 aliphatic rings. The number of ether oxygens (including phenoxy) is 1. The minimum Gasteiger partial charge on any atom is -0.494 e. The molecule has 178 valence electrons. The van der Waals surface area contributed by atoms with Crippen molar-refractivity contribution in [3.8, 4) is 11.4 Å². The first-order valence-electron chi connectivity index (χ1n) is 9.52. The molecule has 1 aromatic heterocycles. The molecule has 2 fully saturated rings. The third kappa shape index (κ3) is 4.35. The van der Waals surface area contributed by atoms with Crippen LogP contribution >= 0.6 is 0 Å². The van der Waals surface area contributed by atoms with Crippen LogP contribution in [-0.2, 0) is 20.9 Å². The van der Waals surface area contributed by atoms with E-state index in [2.05, 4.69) is 5.10 Å². The van der Waals surface area contributed by atoms with Crippen molar-refractivity contribution >= 4 is 17.9 Å². The highest BCUT2D eigenvalue weighted by molar-refractivity contribution is 5.94. The quantitative estimate of drug-likeness (QED) is 0.576. The summed E-state index contributed by atoms with van der Waals surface area (Å²) in [6.07, 6.45) is -1.32. The summed E-state index contributed by atoms with van der Waals surface area (Å²) in [5.41, 5.74) is -0.623. The molecule has 1 aromatic carbocycles. The van der Waals surface area contributed by atoms with Gasteiger partial charge in [-0.1, -0.05) is 12.1 Å². The van der Waals surface area contributed by atoms with Gasteiger partial charge in [-0.05, 0) is 18.6 Å². The van der Waals surface area contributed by atoms with Crippen LogP contribution in [0.1, 0.15) is 12.0 Å². The molecule has 0 amide bonds. The van der Waals surface area contributed by atoms with Crippen molar-refractivity contribution in [2.75, 3.05) is 20.2 Å². The molecule has 1 saturated carbocycles. The number of para-hydroxylation sites is 2. The van der Waals surface area contributed by atoms with Crippen LogP contribution in [0, 0.1) is 10.8 Å². The zero-order chi connectivity index (χ0) is 24.6. The Balaban J connectivity index is 0.000000383. The second-order valence-electron chi connectivity index (χ2n) is 7.86. The fraction of sp³-hybridized carbons (Fsp3) is 0.400. The maximum atomic E-state index is 11.6. The number of aliphatic carboxylic acids is 3. The zero-order valence-corrected chi connectivity index (χ0v) is 17.2. The van der Waals surface area contributed by atoms with Crippen molar-refractivity contribution in [1.29, 1.82) is 0 Å². The Labute approximate surface area is 184 Å². The van der Waals surface area contributed by atoms with Crippen LogP contribution in [0.25, 0.3) is 5.69 Å². The summed E-state index contributed by atoms with van der Waals surface area (Å²) < 4.78 is 38.8. The average molecular weight is 471 g/mol. The Morgan fingerprint density at radius 2 is 1.64 bits per heavy atom. The molecule has 1 aliphatic heterocycles. The van der Waals surface area contributed by atoms with Crippen LogP contribution in [0.3, 0.4) is 0 Å². The number of nitrogens with zero attached hydrogens (tertiary/aromatic N) is 3. The average Bonchev–Trinajstić information content (AvgIpc) is 3.04. The van der Waals surface area contributed by atoms with Gasteiger partial charge in [-0.15, -0.1) is 0 Å². The smallest absolute Gasteiger partial charge is 0.490 e. The lowest BCUT2D eigenvalue weighted by molar-refractivity contribution is -0.192. The van der Waals surface area contributed by atoms with Gasteiger partial charge in [0.25, 0.3) is 0 Å². The minimum absolute atomic E-state index is 0.210. The minimum atomic E-state index is -5.08. The highest BCUT2D eigenvalue weighted by Gasteiger charge is 2.80. The maximum Gasteiger partial charge on any atom is 0.490 e. The normalized spacial score (nSPS) is 23.8. The molecule has 0 unspecified atom stereocenters. The van der Waals surface area contributed by atoms with Gasteiger partial charge in [-0.3, -0.25) is 14.5 Å². The Bertz CT molecular complexity index is 1060. The van der Waals surface area contributed by atoms with E-state index in [1.54, 1.807) is 18.0 Å². The number of halogens is 3. The molecule has 3 N–H and O–H groups in total. The Morgan fingerprint density at radius 3 is 2.12 bits per heavy atom. The van der Waals surface area contributed by atoms with Crippen molar-refractivity contribution in [1.82, 2.24) is 14.7 Å². The largest absolute Gasteiger partial charge is 0.494 e. The number of hydrogen-bond acceptors (Lipinski definition) is 6. The Morgan fingerprint density at radius 1 is 1.09 bits per heavy atom. The number of aromatic nitrogens is 2. The molecule has 10 nitrogen and oxygen atoms in total. The van der Waals surface area contributed by atoms with Gasteiger partial charge in [-0.2, -0.15) is 18.3 Å². The first-order chi connectivity index (χ1) is 15.4. The third-order valence-corrected chi connectivity index (χ3v) is 5.82. The highest BCUT2D eigenvalue weighted by atomic mass is 19.4. The molecular formula is C20H20F3N3O7. The Kier molecular flexibility index (Phi) is 6.11. The summed E-state index contributed by atoms with van der Waals surface area (Å²) >= 11 is 0. The third-order valence-electron chi connectivity index (χ3n) is 5.82. The van der Waals surface area contributed by atoms with E-state index in [0.29, 0.717) is 12.3 Å². The van der Waals surface area contributed by atoms with Crippen molar-refractivity contribution < 1.29 is 47.6 Å². The summed E-state index contributed by atoms with van der Waals surface area (Å²) in [6, 6.07) is 7.50. The number of fused-ring (bicyclic) bond motifs is 1. The van der Waals surface area contributed by atoms with Crippen LogP contribution < -0.4 is 4.74 Å². The molecule has 2 aromatic rings. The number of piperidine rings is 1. The second kappa shape index (κ2) is 8.39. The maximum absolute atomic E-state index is 11.6. The van der Waals surface area contributed by atoms with Crippen LogP contribution in [-0.4, -0.2) is 74.3 Å². The molecule has 33 heavy (non-hydrogen) atoms. The second-order valence-corrected chi connectivity index (χ2v) is 7.86. The summed E-state index contributed by atoms with van der Waals surface area (Å²) in [5.74, 6) is -4.11. The molecule has 13 heteroatoms. The van der Waals surface area contributed by atoms with Crippen LogP contribution in [0.15, 0.2) is 36.7 Å². The molecule has 1 saturated heterocycles. The number of likely N-dealkylation sites (tertiary alicyclic amines) is 1. The number of methoxy groups -OCH3 is 1. The van der Waals surface area contributed by atoms with Gasteiger partial charge in [0.05, 0.1) is 24.1 Å². The topological polar surface area (TPSA) is 142 Å². The standard InChI is InChI=1S/C18H19N3O5.C2HF3O2/c1-26-14-5-3-2-4-13(14)21-8-12(6-19-21)7-20-10-17(15(22)23)9-18(17,11-20)16(24)25;3-2(4,5)1(6)7/h2-6,8H,7,9-11H2,1H3,(H,22,23)(H,24,25);(H,6,7)/t17-,18+;. The zero-order valence-electron chi connectivity index (χ0n) is 17.2. The first kappa shape index (κ1) is 24.0. The van der Waals surface area contributed by atoms with Gasteiger partial charge in [0.1, 0.15) is 11.4 Å². The van der Waals surface area contributed by atoms with E-state index in [1.807, 2.05) is 35.4 Å². The number of benzene rings is 1. The van der Waals surface area contributed by atoms with Gasteiger partial charge in [-0.25, -0.2) is 9.48 Å². The van der Waals surface area contributed by atoms with Gasteiger partial charge in [0.15, 0.2) is 0 Å². The van der Waals surface area contributed by atoms with Gasteiger partial charge < -0.3 is 20.1 Å². The number of hydrogen-bond donors (Lipinski definition) is 3. The van der Waals surface area contributed by atoms with E-state index in [1.165, 1.54) is 0 Å². The van der Waals surface area contributed by atoms with Crippen molar-refractivity contribution in [3.05, 3.63) is 42.2 Å². The monoisotopic (exact) mass is 471 g/mol. The molecule has 0 bridgehead atoms. The van der Waals surface area contributed by atoms with Crippen LogP contribution in [0.2, 0.25) is 0 Å². The number of rotatable bonds is 6. The predicted octanol–water partition coefficient (Wildman–Crippen LogP) is 1.88. The molecule has 2 heterocycles. The Hall–Kier alpha value is -3.61. The van der Waals surface area contributed by atoms with Crippen molar-refractivity contribution in [2.45, 2.75) is 19.1 Å². The lowest BCUT2D eigenvalue weighted by Gasteiger charge is -2.18. The molecule has 2 atom stereocenters. The van der Waals surface area contributed by atoms with Crippen molar-refractivity contribution in [2.24, 2.45) is 10.8 Å². The van der Waals surface area contributed by atoms with E-state index < -0.39 is 34.9 Å². The van der Waals surface area contributed by atoms with Gasteiger partial charge in [0.2, 0.25) is 0 Å². The van der Waals surface area contributed by atoms with Crippen molar-refractivity contribution in [3.63, 3.8) is 0 Å². The summed E-state index contributed by atoms with van der Waals surface area (Å²) in [6.45, 7) is 0.947. The van der Waals surface area contributed by atoms with Crippen LogP contribution in [0.4, 0.5) is 13.2 Å². The SMILES string of the molecule is COc1ccccc1-n1cc(CN2C[C@@]3(C(=O)O)C[C@@]3(C(=O)O)C2)cn1.O=C(O)C(F)(F)F. The van der Waals surface area contributed by atoms with E-state index in [9.17, 15) is 33.0 Å². The number of alkyl halides is 3. The van der Waals surface area contributed by atoms with Gasteiger partial charge >= 0.3 is 24.1 Å². The molecule has 0 spiro atoms. The fourth-order valence-corrected chi connectivity index (χ4v) is 4.16. The lowest BCUT2D eigenvalue weighted by Crippen LogP contribution is -2.28. The molecule has 1 aliphatic carbocycles. The van der Waals surface area contributed by atoms with E-state index in [4.69, 9.17) is 14.6 Å². The lowest BCUT2D eigenvalue weighted by atomic mass is 9.97. The summed E-state index contributed by atoms with van der Waals surface area (Å²) in [4.78, 5) is 34.0. The number of carboxylic acid groups (broad SMARTS) is 3. The molecule has 0 radical (unpaired) electrons. The summed E-state index contributed by atoms with van der Waals surface area (Å²) in [7, 11) is 1.59. The first-order valence-corrected chi connectivity index (χ1v) is 9.52.